The largest absolute Gasteiger partial charge is 0.396 e. The van der Waals surface area contributed by atoms with Gasteiger partial charge in [0.15, 0.2) is 0 Å². The zero-order valence-electron chi connectivity index (χ0n) is 11.1. The van der Waals surface area contributed by atoms with Crippen molar-refractivity contribution in [3.05, 3.63) is 40.2 Å². The number of hydrogen-bond acceptors (Lipinski definition) is 2. The van der Waals surface area contributed by atoms with Crippen LogP contribution in [-0.4, -0.2) is 9.78 Å². The standard InChI is InChI=1S/C14H19N3/c1-8-6-9(2)14(10(3)7-8)17-12(5)13(15)11(4)16-17/h6-7H,15H2,1-5H3. The fourth-order valence-corrected chi connectivity index (χ4v) is 2.38. The number of aromatic nitrogens is 2. The van der Waals surface area contributed by atoms with Gasteiger partial charge in [-0.25, -0.2) is 4.68 Å². The molecule has 0 saturated heterocycles. The molecule has 1 aromatic carbocycles. The van der Waals surface area contributed by atoms with Gasteiger partial charge in [0.05, 0.1) is 22.8 Å². The highest BCUT2D eigenvalue weighted by Gasteiger charge is 2.13. The Hall–Kier alpha value is -1.77. The second kappa shape index (κ2) is 3.91. The number of rotatable bonds is 1. The molecule has 3 nitrogen and oxygen atoms in total. The summed E-state index contributed by atoms with van der Waals surface area (Å²) in [6, 6.07) is 4.35. The average molecular weight is 229 g/mol. The molecular weight excluding hydrogens is 210 g/mol. The number of nitrogens with zero attached hydrogens (tertiary/aromatic N) is 2. The molecule has 0 fully saturated rings. The van der Waals surface area contributed by atoms with Gasteiger partial charge in [-0.15, -0.1) is 0 Å². The van der Waals surface area contributed by atoms with E-state index in [4.69, 9.17) is 5.73 Å². The normalized spacial score (nSPS) is 10.9. The zero-order chi connectivity index (χ0) is 12.7. The third-order valence-corrected chi connectivity index (χ3v) is 3.19. The second-order valence-corrected chi connectivity index (χ2v) is 4.74. The Bertz CT molecular complexity index is 556. The van der Waals surface area contributed by atoms with Crippen LogP contribution in [0.25, 0.3) is 5.69 Å². The maximum atomic E-state index is 5.99. The summed E-state index contributed by atoms with van der Waals surface area (Å²) < 4.78 is 1.95. The molecule has 0 aliphatic carbocycles. The SMILES string of the molecule is Cc1cc(C)c(-n2nc(C)c(N)c2C)c(C)c1. The molecule has 17 heavy (non-hydrogen) atoms. The molecule has 1 aromatic heterocycles. The van der Waals surface area contributed by atoms with Crippen LogP contribution in [0.3, 0.4) is 0 Å². The van der Waals surface area contributed by atoms with Crippen LogP contribution in [0.2, 0.25) is 0 Å². The van der Waals surface area contributed by atoms with Crippen molar-refractivity contribution in [1.29, 1.82) is 0 Å². The van der Waals surface area contributed by atoms with E-state index in [0.29, 0.717) is 0 Å². The summed E-state index contributed by atoms with van der Waals surface area (Å²) in [5.74, 6) is 0. The Morgan fingerprint density at radius 3 is 1.94 bits per heavy atom. The van der Waals surface area contributed by atoms with Crippen LogP contribution in [-0.2, 0) is 0 Å². The van der Waals surface area contributed by atoms with Crippen LogP contribution >= 0.6 is 0 Å². The van der Waals surface area contributed by atoms with Crippen LogP contribution < -0.4 is 5.73 Å². The van der Waals surface area contributed by atoms with E-state index in [9.17, 15) is 0 Å². The van der Waals surface area contributed by atoms with E-state index >= 15 is 0 Å². The molecule has 0 bridgehead atoms. The summed E-state index contributed by atoms with van der Waals surface area (Å²) in [7, 11) is 0. The molecule has 0 radical (unpaired) electrons. The van der Waals surface area contributed by atoms with Crippen molar-refractivity contribution >= 4 is 5.69 Å². The summed E-state index contributed by atoms with van der Waals surface area (Å²) in [6.45, 7) is 10.3. The van der Waals surface area contributed by atoms with Gasteiger partial charge in [-0.3, -0.25) is 0 Å². The summed E-state index contributed by atoms with van der Waals surface area (Å²) in [6.07, 6.45) is 0. The minimum Gasteiger partial charge on any atom is -0.396 e. The molecule has 90 valence electrons. The molecule has 3 heteroatoms. The molecule has 2 rings (SSSR count). The Balaban J connectivity index is 2.73. The second-order valence-electron chi connectivity index (χ2n) is 4.74. The number of aryl methyl sites for hydroxylation is 4. The number of benzene rings is 1. The third-order valence-electron chi connectivity index (χ3n) is 3.19. The van der Waals surface area contributed by atoms with Crippen molar-refractivity contribution < 1.29 is 0 Å². The van der Waals surface area contributed by atoms with Crippen molar-refractivity contribution in [2.45, 2.75) is 34.6 Å². The van der Waals surface area contributed by atoms with Crippen molar-refractivity contribution in [3.8, 4) is 5.69 Å². The predicted octanol–water partition coefficient (Wildman–Crippen LogP) is 3.00. The number of nitrogens with two attached hydrogens (primary N) is 1. The molecule has 2 N–H and O–H groups in total. The molecule has 1 heterocycles. The van der Waals surface area contributed by atoms with Crippen LogP contribution in [0.5, 0.6) is 0 Å². The summed E-state index contributed by atoms with van der Waals surface area (Å²) in [5, 5.41) is 4.52. The van der Waals surface area contributed by atoms with Gasteiger partial charge >= 0.3 is 0 Å². The lowest BCUT2D eigenvalue weighted by atomic mass is 10.1. The fraction of sp³-hybridized carbons (Fsp3) is 0.357. The molecule has 0 saturated carbocycles. The monoisotopic (exact) mass is 229 g/mol. The van der Waals surface area contributed by atoms with Crippen LogP contribution in [0.1, 0.15) is 28.1 Å². The van der Waals surface area contributed by atoms with E-state index in [-0.39, 0.29) is 0 Å². The van der Waals surface area contributed by atoms with E-state index in [1.807, 2.05) is 18.5 Å². The summed E-state index contributed by atoms with van der Waals surface area (Å²) in [4.78, 5) is 0. The lowest BCUT2D eigenvalue weighted by Gasteiger charge is -2.13. The van der Waals surface area contributed by atoms with E-state index in [0.717, 1.165) is 22.8 Å². The predicted molar refractivity (Wildman–Crippen MR) is 71.7 cm³/mol. The Morgan fingerprint density at radius 1 is 1.00 bits per heavy atom. The lowest BCUT2D eigenvalue weighted by Crippen LogP contribution is -2.05. The van der Waals surface area contributed by atoms with E-state index in [2.05, 4.69) is 38.0 Å². The van der Waals surface area contributed by atoms with Gasteiger partial charge in [0.25, 0.3) is 0 Å². The molecule has 0 spiro atoms. The first-order chi connectivity index (χ1) is 7.91. The van der Waals surface area contributed by atoms with Crippen LogP contribution in [0, 0.1) is 34.6 Å². The maximum Gasteiger partial charge on any atom is 0.0830 e. The Morgan fingerprint density at radius 2 is 1.53 bits per heavy atom. The lowest BCUT2D eigenvalue weighted by molar-refractivity contribution is 0.820. The molecule has 2 aromatic rings. The van der Waals surface area contributed by atoms with Crippen molar-refractivity contribution in [3.63, 3.8) is 0 Å². The quantitative estimate of drug-likeness (QED) is 0.817. The third kappa shape index (κ3) is 1.82. The highest BCUT2D eigenvalue weighted by molar-refractivity contribution is 5.55. The van der Waals surface area contributed by atoms with E-state index in [1.54, 1.807) is 0 Å². The fourth-order valence-electron chi connectivity index (χ4n) is 2.38. The smallest absolute Gasteiger partial charge is 0.0830 e. The van der Waals surface area contributed by atoms with Crippen molar-refractivity contribution in [2.75, 3.05) is 5.73 Å². The molecule has 0 aliphatic heterocycles. The molecular formula is C14H19N3. The van der Waals surface area contributed by atoms with Gasteiger partial charge in [-0.1, -0.05) is 17.7 Å². The highest BCUT2D eigenvalue weighted by Crippen LogP contribution is 2.25. The van der Waals surface area contributed by atoms with Crippen LogP contribution in [0.15, 0.2) is 12.1 Å². The van der Waals surface area contributed by atoms with E-state index in [1.165, 1.54) is 16.7 Å². The topological polar surface area (TPSA) is 43.8 Å². The van der Waals surface area contributed by atoms with Crippen molar-refractivity contribution in [2.24, 2.45) is 0 Å². The Labute approximate surface area is 102 Å². The molecule has 0 atom stereocenters. The van der Waals surface area contributed by atoms with Crippen LogP contribution in [0.4, 0.5) is 5.69 Å². The summed E-state index contributed by atoms with van der Waals surface area (Å²) in [5.41, 5.74) is 13.6. The average Bonchev–Trinajstić information content (AvgIpc) is 2.45. The van der Waals surface area contributed by atoms with Gasteiger partial charge in [-0.2, -0.15) is 5.10 Å². The first-order valence-corrected chi connectivity index (χ1v) is 5.81. The zero-order valence-corrected chi connectivity index (χ0v) is 11.1. The minimum atomic E-state index is 0.782. The number of anilines is 1. The van der Waals surface area contributed by atoms with Gasteiger partial charge in [-0.05, 0) is 45.7 Å². The maximum absolute atomic E-state index is 5.99. The number of hydrogen-bond donors (Lipinski definition) is 1. The van der Waals surface area contributed by atoms with Gasteiger partial charge in [0.1, 0.15) is 0 Å². The highest BCUT2D eigenvalue weighted by atomic mass is 15.3. The summed E-state index contributed by atoms with van der Waals surface area (Å²) >= 11 is 0. The molecule has 0 aliphatic rings. The van der Waals surface area contributed by atoms with Gasteiger partial charge < -0.3 is 5.73 Å². The van der Waals surface area contributed by atoms with Crippen molar-refractivity contribution in [1.82, 2.24) is 9.78 Å². The minimum absolute atomic E-state index is 0.782. The van der Waals surface area contributed by atoms with Gasteiger partial charge in [0, 0.05) is 0 Å². The molecule has 0 amide bonds. The first-order valence-electron chi connectivity index (χ1n) is 5.81. The van der Waals surface area contributed by atoms with Gasteiger partial charge in [0.2, 0.25) is 0 Å². The molecule has 0 unspecified atom stereocenters. The van der Waals surface area contributed by atoms with E-state index < -0.39 is 0 Å². The number of nitrogen functional groups attached to an aromatic ring is 1. The first kappa shape index (κ1) is 11.7. The Kier molecular flexibility index (Phi) is 2.69.